The van der Waals surface area contributed by atoms with E-state index in [0.717, 1.165) is 12.3 Å². The molecule has 0 spiro atoms. The molecule has 2 rings (SSSR count). The fourth-order valence-electron chi connectivity index (χ4n) is 2.25. The first-order valence-corrected chi connectivity index (χ1v) is 4.81. The Kier molecular flexibility index (Phi) is 2.09. The van der Waals surface area contributed by atoms with E-state index in [9.17, 15) is 0 Å². The van der Waals surface area contributed by atoms with E-state index in [0.29, 0.717) is 12.1 Å². The fraction of sp³-hybridized carbons (Fsp3) is 0.800. The van der Waals surface area contributed by atoms with Crippen LogP contribution in [0.4, 0.5) is 0 Å². The first-order valence-electron chi connectivity index (χ1n) is 4.81. The molecule has 68 valence electrons. The zero-order chi connectivity index (χ0) is 8.55. The Hall–Kier alpha value is -0.500. The molecule has 1 saturated carbocycles. The smallest absolute Gasteiger partial charge is 0.0863 e. The van der Waals surface area contributed by atoms with Crippen molar-refractivity contribution in [2.45, 2.75) is 37.8 Å². The van der Waals surface area contributed by atoms with Gasteiger partial charge in [0.25, 0.3) is 0 Å². The van der Waals surface area contributed by atoms with Gasteiger partial charge >= 0.3 is 0 Å². The predicted molar refractivity (Wildman–Crippen MR) is 48.9 cm³/mol. The molecule has 0 aromatic carbocycles. The second kappa shape index (κ2) is 3.09. The van der Waals surface area contributed by atoms with Crippen LogP contribution < -0.4 is 0 Å². The van der Waals surface area contributed by atoms with Gasteiger partial charge in [0, 0.05) is 12.7 Å². The molecule has 1 heterocycles. The second-order valence-electron chi connectivity index (χ2n) is 3.88. The molecule has 0 radical (unpaired) electrons. The van der Waals surface area contributed by atoms with Gasteiger partial charge < -0.3 is 9.64 Å². The summed E-state index contributed by atoms with van der Waals surface area (Å²) in [5.74, 6) is 0. The Bertz CT molecular complexity index is 190. The van der Waals surface area contributed by atoms with Gasteiger partial charge in [0.15, 0.2) is 0 Å². The van der Waals surface area contributed by atoms with E-state index in [1.807, 2.05) is 0 Å². The van der Waals surface area contributed by atoms with Gasteiger partial charge in [0.2, 0.25) is 0 Å². The predicted octanol–water partition coefficient (Wildman–Crippen LogP) is 1.77. The van der Waals surface area contributed by atoms with E-state index in [-0.39, 0.29) is 0 Å². The van der Waals surface area contributed by atoms with Crippen molar-refractivity contribution in [2.24, 2.45) is 0 Å². The zero-order valence-electron chi connectivity index (χ0n) is 7.75. The molecular formula is C10H17NO. The Balaban J connectivity index is 2.08. The van der Waals surface area contributed by atoms with Gasteiger partial charge in [-0.1, -0.05) is 19.4 Å². The Morgan fingerprint density at radius 1 is 1.42 bits per heavy atom. The fourth-order valence-corrected chi connectivity index (χ4v) is 2.25. The van der Waals surface area contributed by atoms with Crippen molar-refractivity contribution in [2.75, 3.05) is 13.7 Å². The maximum Gasteiger partial charge on any atom is 0.0863 e. The molecular weight excluding hydrogens is 150 g/mol. The summed E-state index contributed by atoms with van der Waals surface area (Å²) in [5.41, 5.74) is 1.14. The number of likely N-dealkylation sites (N-methyl/N-ethyl adjacent to an activating group) is 1. The van der Waals surface area contributed by atoms with Crippen LogP contribution in [0.25, 0.3) is 0 Å². The van der Waals surface area contributed by atoms with Crippen molar-refractivity contribution in [1.82, 2.24) is 4.90 Å². The highest BCUT2D eigenvalue weighted by Gasteiger charge is 2.33. The zero-order valence-corrected chi connectivity index (χ0v) is 7.75. The summed E-state index contributed by atoms with van der Waals surface area (Å²) < 4.78 is 5.72. The van der Waals surface area contributed by atoms with E-state index in [1.54, 1.807) is 0 Å². The van der Waals surface area contributed by atoms with Crippen LogP contribution >= 0.6 is 0 Å². The second-order valence-corrected chi connectivity index (χ2v) is 3.88. The lowest BCUT2D eigenvalue weighted by Crippen LogP contribution is -2.49. The van der Waals surface area contributed by atoms with Crippen LogP contribution in [0.3, 0.4) is 0 Å². The molecule has 2 unspecified atom stereocenters. The third-order valence-corrected chi connectivity index (χ3v) is 3.13. The first-order chi connectivity index (χ1) is 5.79. The van der Waals surface area contributed by atoms with Crippen molar-refractivity contribution < 1.29 is 4.74 Å². The van der Waals surface area contributed by atoms with Gasteiger partial charge in [-0.05, 0) is 12.8 Å². The molecule has 1 saturated heterocycles. The number of rotatable bonds is 0. The lowest BCUT2D eigenvalue weighted by Gasteiger charge is -2.44. The number of morpholine rings is 1. The minimum Gasteiger partial charge on any atom is -0.371 e. The van der Waals surface area contributed by atoms with Crippen molar-refractivity contribution in [3.05, 3.63) is 12.3 Å². The minimum absolute atomic E-state index is 0.481. The van der Waals surface area contributed by atoms with Crippen LogP contribution in [0.5, 0.6) is 0 Å². The number of fused-ring (bicyclic) bond motifs is 1. The molecule has 2 fully saturated rings. The molecule has 12 heavy (non-hydrogen) atoms. The standard InChI is InChI=1S/C10H17NO/c1-8-7-12-10-6-4-3-5-9(10)11(8)2/h9-10H,1,3-7H2,2H3. The van der Waals surface area contributed by atoms with Gasteiger partial charge in [0.1, 0.15) is 0 Å². The van der Waals surface area contributed by atoms with Gasteiger partial charge in [-0.2, -0.15) is 0 Å². The number of hydrogen-bond acceptors (Lipinski definition) is 2. The normalized spacial score (nSPS) is 36.4. The largest absolute Gasteiger partial charge is 0.371 e. The summed E-state index contributed by atoms with van der Waals surface area (Å²) in [5, 5.41) is 0. The molecule has 0 aromatic heterocycles. The summed E-state index contributed by atoms with van der Waals surface area (Å²) in [7, 11) is 2.15. The van der Waals surface area contributed by atoms with Crippen LogP contribution in [0.15, 0.2) is 12.3 Å². The first kappa shape index (κ1) is 8.11. The highest BCUT2D eigenvalue weighted by atomic mass is 16.5. The number of ether oxygens (including phenoxy) is 1. The van der Waals surface area contributed by atoms with E-state index in [1.165, 1.54) is 25.7 Å². The number of nitrogens with zero attached hydrogens (tertiary/aromatic N) is 1. The summed E-state index contributed by atoms with van der Waals surface area (Å²) in [6.07, 6.45) is 5.68. The molecule has 0 N–H and O–H groups in total. The van der Waals surface area contributed by atoms with E-state index < -0.39 is 0 Å². The molecule has 2 atom stereocenters. The molecule has 0 bridgehead atoms. The molecule has 1 aliphatic carbocycles. The highest BCUT2D eigenvalue weighted by Crippen LogP contribution is 2.30. The van der Waals surface area contributed by atoms with Crippen LogP contribution in [-0.2, 0) is 4.74 Å². The van der Waals surface area contributed by atoms with E-state index in [2.05, 4.69) is 18.5 Å². The third kappa shape index (κ3) is 1.24. The highest BCUT2D eigenvalue weighted by molar-refractivity contribution is 5.02. The summed E-state index contributed by atoms with van der Waals surface area (Å²) in [4.78, 5) is 2.31. The van der Waals surface area contributed by atoms with Gasteiger partial charge in [-0.25, -0.2) is 0 Å². The molecule has 2 aliphatic rings. The summed E-state index contributed by atoms with van der Waals surface area (Å²) in [6.45, 7) is 4.72. The lowest BCUT2D eigenvalue weighted by molar-refractivity contribution is -0.0534. The number of hydrogen-bond donors (Lipinski definition) is 0. The average molecular weight is 167 g/mol. The summed E-state index contributed by atoms with van der Waals surface area (Å²) >= 11 is 0. The van der Waals surface area contributed by atoms with Gasteiger partial charge in [-0.15, -0.1) is 0 Å². The van der Waals surface area contributed by atoms with Crippen LogP contribution in [0.2, 0.25) is 0 Å². The maximum atomic E-state index is 5.72. The summed E-state index contributed by atoms with van der Waals surface area (Å²) in [6, 6.07) is 0.611. The van der Waals surface area contributed by atoms with Crippen molar-refractivity contribution in [1.29, 1.82) is 0 Å². The van der Waals surface area contributed by atoms with Crippen molar-refractivity contribution >= 4 is 0 Å². The Morgan fingerprint density at radius 2 is 2.17 bits per heavy atom. The van der Waals surface area contributed by atoms with Crippen molar-refractivity contribution in [3.8, 4) is 0 Å². The molecule has 2 nitrogen and oxygen atoms in total. The lowest BCUT2D eigenvalue weighted by atomic mass is 9.90. The van der Waals surface area contributed by atoms with Gasteiger partial charge in [0.05, 0.1) is 18.8 Å². The monoisotopic (exact) mass is 167 g/mol. The SMILES string of the molecule is C=C1COC2CCCCC2N1C. The molecule has 1 aliphatic heterocycles. The Labute approximate surface area is 74.2 Å². The quantitative estimate of drug-likeness (QED) is 0.545. The third-order valence-electron chi connectivity index (χ3n) is 3.13. The van der Waals surface area contributed by atoms with Gasteiger partial charge in [-0.3, -0.25) is 0 Å². The topological polar surface area (TPSA) is 12.5 Å². The molecule has 0 amide bonds. The van der Waals surface area contributed by atoms with Crippen molar-refractivity contribution in [3.63, 3.8) is 0 Å². The van der Waals surface area contributed by atoms with Crippen LogP contribution in [-0.4, -0.2) is 30.7 Å². The van der Waals surface area contributed by atoms with Crippen LogP contribution in [0.1, 0.15) is 25.7 Å². The minimum atomic E-state index is 0.481. The molecule has 2 heteroatoms. The van der Waals surface area contributed by atoms with E-state index >= 15 is 0 Å². The average Bonchev–Trinajstić information content (AvgIpc) is 2.12. The van der Waals surface area contributed by atoms with Crippen LogP contribution in [0, 0.1) is 0 Å². The maximum absolute atomic E-state index is 5.72. The van der Waals surface area contributed by atoms with E-state index in [4.69, 9.17) is 4.74 Å². The molecule has 0 aromatic rings. The Morgan fingerprint density at radius 3 is 3.00 bits per heavy atom.